The smallest absolute Gasteiger partial charge is 0.240 e. The lowest BCUT2D eigenvalue weighted by Gasteiger charge is -2.24. The summed E-state index contributed by atoms with van der Waals surface area (Å²) in [6.07, 6.45) is 0. The molecule has 5 nitrogen and oxygen atoms in total. The van der Waals surface area contributed by atoms with Crippen molar-refractivity contribution in [2.24, 2.45) is 5.73 Å². The molecule has 1 aromatic carbocycles. The third-order valence-corrected chi connectivity index (χ3v) is 3.24. The molecule has 1 aromatic heterocycles. The lowest BCUT2D eigenvalue weighted by molar-refractivity contribution is 0.379. The molecule has 0 aliphatic rings. The van der Waals surface area contributed by atoms with Gasteiger partial charge in [-0.1, -0.05) is 38.1 Å². The van der Waals surface area contributed by atoms with Gasteiger partial charge < -0.3 is 15.0 Å². The summed E-state index contributed by atoms with van der Waals surface area (Å²) >= 11 is 0. The average Bonchev–Trinajstić information content (AvgIpc) is 2.85. The number of hydrogen-bond donors (Lipinski definition) is 1. The van der Waals surface area contributed by atoms with Crippen molar-refractivity contribution in [1.82, 2.24) is 10.1 Å². The topological polar surface area (TPSA) is 74.2 Å². The maximum Gasteiger partial charge on any atom is 0.240 e. The Morgan fingerprint density at radius 2 is 2.00 bits per heavy atom. The summed E-state index contributed by atoms with van der Waals surface area (Å²) < 4.78 is 10.7. The van der Waals surface area contributed by atoms with Gasteiger partial charge in [0.1, 0.15) is 5.75 Å². The van der Waals surface area contributed by atoms with Crippen molar-refractivity contribution >= 4 is 0 Å². The summed E-state index contributed by atoms with van der Waals surface area (Å²) in [5.41, 5.74) is 8.50. The molecule has 2 rings (SSSR count). The van der Waals surface area contributed by atoms with Gasteiger partial charge in [0.25, 0.3) is 0 Å². The molecule has 108 valence electrons. The molecule has 0 amide bonds. The first kappa shape index (κ1) is 14.5. The van der Waals surface area contributed by atoms with E-state index in [9.17, 15) is 0 Å². The van der Waals surface area contributed by atoms with Crippen LogP contribution in [0.5, 0.6) is 5.75 Å². The van der Waals surface area contributed by atoms with Crippen molar-refractivity contribution in [3.63, 3.8) is 0 Å². The third-order valence-electron chi connectivity index (χ3n) is 3.24. The van der Waals surface area contributed by atoms with Crippen molar-refractivity contribution in [2.45, 2.75) is 39.7 Å². The van der Waals surface area contributed by atoms with Crippen molar-refractivity contribution in [1.29, 1.82) is 0 Å². The number of nitrogens with two attached hydrogens (primary N) is 1. The van der Waals surface area contributed by atoms with E-state index in [0.29, 0.717) is 11.7 Å². The predicted molar refractivity (Wildman–Crippen MR) is 77.6 cm³/mol. The zero-order valence-corrected chi connectivity index (χ0v) is 12.7. The van der Waals surface area contributed by atoms with Crippen LogP contribution >= 0.6 is 0 Å². The van der Waals surface area contributed by atoms with Gasteiger partial charge in [-0.15, -0.1) is 0 Å². The minimum atomic E-state index is -0.0335. The molecule has 0 saturated carbocycles. The monoisotopic (exact) mass is 275 g/mol. The Kier molecular flexibility index (Phi) is 3.81. The lowest BCUT2D eigenvalue weighted by Crippen LogP contribution is -2.14. The number of rotatable bonds is 3. The number of benzene rings is 1. The predicted octanol–water partition coefficient (Wildman–Crippen LogP) is 2.81. The second-order valence-electron chi connectivity index (χ2n) is 5.80. The molecular weight excluding hydrogens is 254 g/mol. The van der Waals surface area contributed by atoms with Gasteiger partial charge in [0.15, 0.2) is 0 Å². The first-order valence-electron chi connectivity index (χ1n) is 6.59. The van der Waals surface area contributed by atoms with Crippen LogP contribution in [0, 0.1) is 6.92 Å². The highest BCUT2D eigenvalue weighted by atomic mass is 16.5. The van der Waals surface area contributed by atoms with E-state index in [0.717, 1.165) is 22.4 Å². The Balaban J connectivity index is 2.68. The van der Waals surface area contributed by atoms with Crippen LogP contribution in [-0.4, -0.2) is 17.3 Å². The van der Waals surface area contributed by atoms with E-state index in [4.69, 9.17) is 15.0 Å². The minimum absolute atomic E-state index is 0.0335. The van der Waals surface area contributed by atoms with E-state index in [1.807, 2.05) is 6.92 Å². The van der Waals surface area contributed by atoms with E-state index >= 15 is 0 Å². The van der Waals surface area contributed by atoms with E-state index in [-0.39, 0.29) is 12.0 Å². The maximum atomic E-state index is 5.63. The molecule has 0 saturated heterocycles. The quantitative estimate of drug-likeness (QED) is 0.932. The highest BCUT2D eigenvalue weighted by Gasteiger charge is 2.25. The fourth-order valence-corrected chi connectivity index (χ4v) is 2.20. The summed E-state index contributed by atoms with van der Waals surface area (Å²) in [6, 6.07) is 4.14. The molecule has 2 aromatic rings. The lowest BCUT2D eigenvalue weighted by atomic mass is 9.84. The van der Waals surface area contributed by atoms with Gasteiger partial charge >= 0.3 is 0 Å². The molecular formula is C15H21N3O2. The second kappa shape index (κ2) is 5.25. The SMILES string of the molecule is COc1c(C(C)(C)C)ccc(C)c1-c1noc(CN)n1. The zero-order chi connectivity index (χ0) is 14.9. The first-order valence-corrected chi connectivity index (χ1v) is 6.59. The fourth-order valence-electron chi connectivity index (χ4n) is 2.20. The Bertz CT molecular complexity index is 612. The molecule has 0 fully saturated rings. The van der Waals surface area contributed by atoms with Crippen molar-refractivity contribution < 1.29 is 9.26 Å². The number of methoxy groups -OCH3 is 1. The van der Waals surface area contributed by atoms with Crippen molar-refractivity contribution in [2.75, 3.05) is 7.11 Å². The van der Waals surface area contributed by atoms with E-state index in [1.54, 1.807) is 7.11 Å². The van der Waals surface area contributed by atoms with Gasteiger partial charge in [-0.2, -0.15) is 4.98 Å². The minimum Gasteiger partial charge on any atom is -0.496 e. The molecule has 0 aliphatic carbocycles. The van der Waals surface area contributed by atoms with Crippen LogP contribution in [0.2, 0.25) is 0 Å². The number of ether oxygens (including phenoxy) is 1. The van der Waals surface area contributed by atoms with E-state index in [1.165, 1.54) is 0 Å². The standard InChI is InChI=1S/C15H21N3O2/c1-9-6-7-10(15(2,3)4)13(19-5)12(9)14-17-11(8-16)20-18-14/h6-7H,8,16H2,1-5H3. The van der Waals surface area contributed by atoms with Crippen LogP contribution in [0.15, 0.2) is 16.7 Å². The van der Waals surface area contributed by atoms with Crippen molar-refractivity contribution in [3.05, 3.63) is 29.2 Å². The zero-order valence-electron chi connectivity index (χ0n) is 12.7. The Morgan fingerprint density at radius 1 is 1.30 bits per heavy atom. The summed E-state index contributed by atoms with van der Waals surface area (Å²) in [6.45, 7) is 8.67. The molecule has 2 N–H and O–H groups in total. The molecule has 20 heavy (non-hydrogen) atoms. The molecule has 0 bridgehead atoms. The number of aryl methyl sites for hydroxylation is 1. The average molecular weight is 275 g/mol. The Hall–Kier alpha value is -1.88. The van der Waals surface area contributed by atoms with E-state index in [2.05, 4.69) is 43.0 Å². The van der Waals surface area contributed by atoms with Crippen LogP contribution in [0.3, 0.4) is 0 Å². The molecule has 0 spiro atoms. The molecule has 1 heterocycles. The van der Waals surface area contributed by atoms with Gasteiger partial charge in [-0.25, -0.2) is 0 Å². The number of aromatic nitrogens is 2. The Morgan fingerprint density at radius 3 is 2.50 bits per heavy atom. The Labute approximate surface area is 119 Å². The van der Waals surface area contributed by atoms with Crippen LogP contribution < -0.4 is 10.5 Å². The van der Waals surface area contributed by atoms with Crippen LogP contribution in [0.25, 0.3) is 11.4 Å². The number of hydrogen-bond acceptors (Lipinski definition) is 5. The molecule has 0 atom stereocenters. The normalized spacial score (nSPS) is 11.7. The third kappa shape index (κ3) is 2.54. The van der Waals surface area contributed by atoms with Crippen LogP contribution in [0.1, 0.15) is 37.8 Å². The number of nitrogens with zero attached hydrogens (tertiary/aromatic N) is 2. The van der Waals surface area contributed by atoms with Gasteiger partial charge in [-0.05, 0) is 17.9 Å². The molecule has 0 aliphatic heterocycles. The van der Waals surface area contributed by atoms with Gasteiger partial charge in [-0.3, -0.25) is 0 Å². The van der Waals surface area contributed by atoms with E-state index < -0.39 is 0 Å². The molecule has 0 unspecified atom stereocenters. The van der Waals surface area contributed by atoms with Gasteiger partial charge in [0.2, 0.25) is 11.7 Å². The molecule has 0 radical (unpaired) electrons. The maximum absolute atomic E-state index is 5.63. The summed E-state index contributed by atoms with van der Waals surface area (Å²) in [7, 11) is 1.66. The first-order chi connectivity index (χ1) is 9.38. The highest BCUT2D eigenvalue weighted by molar-refractivity contribution is 5.71. The van der Waals surface area contributed by atoms with Crippen molar-refractivity contribution in [3.8, 4) is 17.1 Å². The second-order valence-corrected chi connectivity index (χ2v) is 5.80. The summed E-state index contributed by atoms with van der Waals surface area (Å²) in [5, 5.41) is 4.00. The fraction of sp³-hybridized carbons (Fsp3) is 0.467. The summed E-state index contributed by atoms with van der Waals surface area (Å²) in [5.74, 6) is 1.73. The summed E-state index contributed by atoms with van der Waals surface area (Å²) in [4.78, 5) is 4.31. The van der Waals surface area contributed by atoms with Crippen LogP contribution in [0.4, 0.5) is 0 Å². The van der Waals surface area contributed by atoms with Crippen LogP contribution in [-0.2, 0) is 12.0 Å². The highest BCUT2D eigenvalue weighted by Crippen LogP contribution is 2.40. The van der Waals surface area contributed by atoms with Gasteiger partial charge in [0, 0.05) is 5.56 Å². The molecule has 5 heteroatoms. The van der Waals surface area contributed by atoms with Gasteiger partial charge in [0.05, 0.1) is 19.2 Å². The largest absolute Gasteiger partial charge is 0.496 e.